The van der Waals surface area contributed by atoms with Crippen LogP contribution in [0.5, 0.6) is 0 Å². The third-order valence-electron chi connectivity index (χ3n) is 3.50. The predicted octanol–water partition coefficient (Wildman–Crippen LogP) is 3.26. The molecule has 2 N–H and O–H groups in total. The highest BCUT2D eigenvalue weighted by molar-refractivity contribution is 5.93. The second-order valence-electron chi connectivity index (χ2n) is 6.29. The van der Waals surface area contributed by atoms with Crippen LogP contribution in [0, 0.1) is 0 Å². The molecule has 0 saturated heterocycles. The fraction of sp³-hybridized carbons (Fsp3) is 0.333. The van der Waals surface area contributed by atoms with E-state index in [4.69, 9.17) is 5.73 Å². The number of rotatable bonds is 4. The number of nitrogens with two attached hydrogens (primary N) is 1. The Bertz CT molecular complexity index is 627. The van der Waals surface area contributed by atoms with Crippen molar-refractivity contribution in [3.8, 4) is 0 Å². The van der Waals surface area contributed by atoms with E-state index in [0.717, 1.165) is 17.8 Å². The van der Waals surface area contributed by atoms with Gasteiger partial charge in [-0.3, -0.25) is 9.78 Å². The summed E-state index contributed by atoms with van der Waals surface area (Å²) in [5.41, 5.74) is 8.95. The van der Waals surface area contributed by atoms with Crippen molar-refractivity contribution in [2.24, 2.45) is 5.73 Å². The highest BCUT2D eigenvalue weighted by Gasteiger charge is 2.18. The Labute approximate surface area is 126 Å². The second-order valence-corrected chi connectivity index (χ2v) is 6.29. The van der Waals surface area contributed by atoms with Crippen molar-refractivity contribution >= 4 is 5.91 Å². The number of benzene rings is 1. The van der Waals surface area contributed by atoms with Crippen LogP contribution in [0.4, 0.5) is 0 Å². The number of amides is 1. The van der Waals surface area contributed by atoms with Crippen molar-refractivity contribution in [1.29, 1.82) is 0 Å². The summed E-state index contributed by atoms with van der Waals surface area (Å²) in [6.45, 7) is 6.33. The average Bonchev–Trinajstić information content (AvgIpc) is 2.45. The Morgan fingerprint density at radius 2 is 1.71 bits per heavy atom. The van der Waals surface area contributed by atoms with Crippen LogP contribution in [-0.2, 0) is 18.3 Å². The molecule has 0 unspecified atom stereocenters. The SMILES string of the molecule is CC(C)(C)c1ccc(C(N)=O)c(CCc2ccccc2)n1. The minimum Gasteiger partial charge on any atom is -0.366 e. The maximum atomic E-state index is 11.6. The molecule has 0 bridgehead atoms. The molecule has 0 aliphatic carbocycles. The van der Waals surface area contributed by atoms with Crippen molar-refractivity contribution in [2.75, 3.05) is 0 Å². The highest BCUT2D eigenvalue weighted by Crippen LogP contribution is 2.22. The molecule has 0 saturated carbocycles. The zero-order chi connectivity index (χ0) is 15.5. The molecule has 110 valence electrons. The molecule has 1 aromatic heterocycles. The fourth-order valence-electron chi connectivity index (χ4n) is 2.24. The van der Waals surface area contributed by atoms with E-state index in [1.807, 2.05) is 24.3 Å². The molecule has 0 atom stereocenters. The van der Waals surface area contributed by atoms with Crippen LogP contribution in [0.3, 0.4) is 0 Å². The monoisotopic (exact) mass is 282 g/mol. The van der Waals surface area contributed by atoms with Crippen molar-refractivity contribution in [2.45, 2.75) is 39.0 Å². The number of hydrogen-bond donors (Lipinski definition) is 1. The van der Waals surface area contributed by atoms with Gasteiger partial charge in [0, 0.05) is 11.1 Å². The lowest BCUT2D eigenvalue weighted by atomic mass is 9.90. The minimum absolute atomic E-state index is 0.0440. The van der Waals surface area contributed by atoms with E-state index < -0.39 is 5.91 Å². The number of aromatic nitrogens is 1. The van der Waals surface area contributed by atoms with Gasteiger partial charge in [-0.25, -0.2) is 0 Å². The Hall–Kier alpha value is -2.16. The number of pyridine rings is 1. The van der Waals surface area contributed by atoms with Crippen LogP contribution < -0.4 is 5.73 Å². The van der Waals surface area contributed by atoms with Gasteiger partial charge in [0.15, 0.2) is 0 Å². The number of carbonyl (C=O) groups excluding carboxylic acids is 1. The third kappa shape index (κ3) is 3.91. The molecule has 0 fully saturated rings. The van der Waals surface area contributed by atoms with Gasteiger partial charge in [-0.2, -0.15) is 0 Å². The standard InChI is InChI=1S/C18H22N2O/c1-18(2,3)16-12-10-14(17(19)21)15(20-16)11-9-13-7-5-4-6-8-13/h4-8,10,12H,9,11H2,1-3H3,(H2,19,21). The molecule has 0 spiro atoms. The minimum atomic E-state index is -0.411. The Morgan fingerprint density at radius 1 is 1.05 bits per heavy atom. The molecule has 1 aromatic carbocycles. The second kappa shape index (κ2) is 6.08. The van der Waals surface area contributed by atoms with Crippen molar-refractivity contribution in [3.05, 3.63) is 65.0 Å². The number of hydrogen-bond acceptors (Lipinski definition) is 2. The molecular formula is C18H22N2O. The van der Waals surface area contributed by atoms with Crippen LogP contribution in [0.25, 0.3) is 0 Å². The van der Waals surface area contributed by atoms with Crippen LogP contribution >= 0.6 is 0 Å². The summed E-state index contributed by atoms with van der Waals surface area (Å²) >= 11 is 0. The van der Waals surface area contributed by atoms with E-state index in [9.17, 15) is 4.79 Å². The van der Waals surface area contributed by atoms with Gasteiger partial charge in [0.2, 0.25) is 0 Å². The van der Waals surface area contributed by atoms with E-state index in [1.165, 1.54) is 5.56 Å². The lowest BCUT2D eigenvalue weighted by molar-refractivity contribution is 0.0999. The summed E-state index contributed by atoms with van der Waals surface area (Å²) < 4.78 is 0. The number of aryl methyl sites for hydroxylation is 2. The molecule has 1 amide bonds. The van der Waals surface area contributed by atoms with Crippen molar-refractivity contribution in [1.82, 2.24) is 4.98 Å². The Kier molecular flexibility index (Phi) is 4.41. The van der Waals surface area contributed by atoms with E-state index >= 15 is 0 Å². The van der Waals surface area contributed by atoms with Crippen molar-refractivity contribution in [3.63, 3.8) is 0 Å². The van der Waals surface area contributed by atoms with Gasteiger partial charge in [0.25, 0.3) is 5.91 Å². The van der Waals surface area contributed by atoms with Gasteiger partial charge < -0.3 is 5.73 Å². The summed E-state index contributed by atoms with van der Waals surface area (Å²) in [5.74, 6) is -0.411. The van der Waals surface area contributed by atoms with Gasteiger partial charge in [0.05, 0.1) is 11.3 Å². The lowest BCUT2D eigenvalue weighted by Crippen LogP contribution is -2.20. The van der Waals surface area contributed by atoms with Gasteiger partial charge >= 0.3 is 0 Å². The van der Waals surface area contributed by atoms with Crippen molar-refractivity contribution < 1.29 is 4.79 Å². The molecule has 0 aliphatic rings. The van der Waals surface area contributed by atoms with Gasteiger partial charge in [-0.15, -0.1) is 0 Å². The Morgan fingerprint density at radius 3 is 2.29 bits per heavy atom. The highest BCUT2D eigenvalue weighted by atomic mass is 16.1. The molecular weight excluding hydrogens is 260 g/mol. The lowest BCUT2D eigenvalue weighted by Gasteiger charge is -2.19. The van der Waals surface area contributed by atoms with Crippen LogP contribution in [0.15, 0.2) is 42.5 Å². The zero-order valence-electron chi connectivity index (χ0n) is 12.9. The molecule has 2 rings (SSSR count). The molecule has 3 nitrogen and oxygen atoms in total. The van der Waals surface area contributed by atoms with Crippen LogP contribution in [0.1, 0.15) is 48.1 Å². The summed E-state index contributed by atoms with van der Waals surface area (Å²) in [5, 5.41) is 0. The topological polar surface area (TPSA) is 56.0 Å². The van der Waals surface area contributed by atoms with E-state index in [0.29, 0.717) is 12.0 Å². The van der Waals surface area contributed by atoms with E-state index in [-0.39, 0.29) is 5.41 Å². The van der Waals surface area contributed by atoms with E-state index in [1.54, 1.807) is 6.07 Å². The first kappa shape index (κ1) is 15.2. The first-order valence-electron chi connectivity index (χ1n) is 7.22. The smallest absolute Gasteiger partial charge is 0.250 e. The molecule has 0 radical (unpaired) electrons. The fourth-order valence-corrected chi connectivity index (χ4v) is 2.24. The normalized spacial score (nSPS) is 11.4. The van der Waals surface area contributed by atoms with Gasteiger partial charge in [-0.1, -0.05) is 51.1 Å². The molecule has 21 heavy (non-hydrogen) atoms. The maximum Gasteiger partial charge on any atom is 0.250 e. The predicted molar refractivity (Wildman–Crippen MR) is 85.3 cm³/mol. The molecule has 0 aliphatic heterocycles. The molecule has 3 heteroatoms. The first-order valence-corrected chi connectivity index (χ1v) is 7.22. The Balaban J connectivity index is 2.29. The number of carbonyl (C=O) groups is 1. The largest absolute Gasteiger partial charge is 0.366 e. The summed E-state index contributed by atoms with van der Waals surface area (Å²) in [6, 6.07) is 13.9. The maximum absolute atomic E-state index is 11.6. The number of nitrogens with zero attached hydrogens (tertiary/aromatic N) is 1. The summed E-state index contributed by atoms with van der Waals surface area (Å²) in [4.78, 5) is 16.3. The third-order valence-corrected chi connectivity index (χ3v) is 3.50. The van der Waals surface area contributed by atoms with Gasteiger partial charge in [-0.05, 0) is 30.5 Å². The van der Waals surface area contributed by atoms with Crippen LogP contribution in [-0.4, -0.2) is 10.9 Å². The summed E-state index contributed by atoms with van der Waals surface area (Å²) in [7, 11) is 0. The number of primary amides is 1. The van der Waals surface area contributed by atoms with Crippen LogP contribution in [0.2, 0.25) is 0 Å². The van der Waals surface area contributed by atoms with E-state index in [2.05, 4.69) is 37.9 Å². The average molecular weight is 282 g/mol. The molecule has 1 heterocycles. The first-order chi connectivity index (χ1) is 9.88. The quantitative estimate of drug-likeness (QED) is 0.935. The molecule has 2 aromatic rings. The summed E-state index contributed by atoms with van der Waals surface area (Å²) in [6.07, 6.45) is 1.56. The van der Waals surface area contributed by atoms with Gasteiger partial charge in [0.1, 0.15) is 0 Å². The zero-order valence-corrected chi connectivity index (χ0v) is 12.9.